The van der Waals surface area contributed by atoms with Crippen LogP contribution in [0.1, 0.15) is 53.6 Å². The van der Waals surface area contributed by atoms with E-state index in [0.29, 0.717) is 19.0 Å². The quantitative estimate of drug-likeness (QED) is 0.823. The van der Waals surface area contributed by atoms with E-state index in [1.807, 2.05) is 18.2 Å². The number of nitrogens with zero attached hydrogens (tertiary/aromatic N) is 1. The van der Waals surface area contributed by atoms with Crippen LogP contribution >= 0.6 is 0 Å². The maximum absolute atomic E-state index is 12.8. The molecule has 0 unspecified atom stereocenters. The SMILES string of the molecule is CCc1c(C)c(C(=O)NCC(C)C)n(Cc2cccc(OC)c2)c1C. The second-order valence-corrected chi connectivity index (χ2v) is 6.93. The number of benzene rings is 1. The topological polar surface area (TPSA) is 43.3 Å². The minimum atomic E-state index is 0.0110. The molecule has 0 atom stereocenters. The zero-order valence-corrected chi connectivity index (χ0v) is 16.3. The van der Waals surface area contributed by atoms with Crippen LogP contribution in [0.15, 0.2) is 24.3 Å². The number of hydrogen-bond donors (Lipinski definition) is 1. The first-order chi connectivity index (χ1) is 11.9. The zero-order valence-electron chi connectivity index (χ0n) is 16.3. The van der Waals surface area contributed by atoms with Gasteiger partial charge in [-0.3, -0.25) is 4.79 Å². The highest BCUT2D eigenvalue weighted by molar-refractivity contribution is 5.95. The molecule has 25 heavy (non-hydrogen) atoms. The number of nitrogens with one attached hydrogen (secondary N) is 1. The fourth-order valence-corrected chi connectivity index (χ4v) is 3.29. The normalized spacial score (nSPS) is 11.0. The monoisotopic (exact) mass is 342 g/mol. The molecule has 0 saturated carbocycles. The summed E-state index contributed by atoms with van der Waals surface area (Å²) in [7, 11) is 1.67. The molecule has 1 aromatic carbocycles. The van der Waals surface area contributed by atoms with E-state index < -0.39 is 0 Å². The van der Waals surface area contributed by atoms with E-state index >= 15 is 0 Å². The first-order valence-corrected chi connectivity index (χ1v) is 8.98. The number of hydrogen-bond acceptors (Lipinski definition) is 2. The van der Waals surface area contributed by atoms with E-state index in [1.54, 1.807) is 7.11 Å². The predicted molar refractivity (Wildman–Crippen MR) is 103 cm³/mol. The largest absolute Gasteiger partial charge is 0.497 e. The third kappa shape index (κ3) is 4.25. The molecule has 0 aliphatic rings. The first-order valence-electron chi connectivity index (χ1n) is 8.98. The van der Waals surface area contributed by atoms with Gasteiger partial charge in [-0.15, -0.1) is 0 Å². The molecule has 4 nitrogen and oxygen atoms in total. The van der Waals surface area contributed by atoms with Crippen LogP contribution in [0.2, 0.25) is 0 Å². The highest BCUT2D eigenvalue weighted by atomic mass is 16.5. The van der Waals surface area contributed by atoms with E-state index in [4.69, 9.17) is 4.74 Å². The van der Waals surface area contributed by atoms with Crippen LogP contribution in [0.25, 0.3) is 0 Å². The van der Waals surface area contributed by atoms with Crippen LogP contribution in [-0.2, 0) is 13.0 Å². The van der Waals surface area contributed by atoms with Crippen molar-refractivity contribution in [1.82, 2.24) is 9.88 Å². The number of ether oxygens (including phenoxy) is 1. The van der Waals surface area contributed by atoms with Gasteiger partial charge in [-0.05, 0) is 55.0 Å². The molecule has 0 aliphatic heterocycles. The van der Waals surface area contributed by atoms with E-state index in [2.05, 4.69) is 50.6 Å². The molecule has 2 aromatic rings. The Bertz CT molecular complexity index is 745. The summed E-state index contributed by atoms with van der Waals surface area (Å²) in [6, 6.07) is 8.01. The molecular formula is C21H30N2O2. The minimum absolute atomic E-state index is 0.0110. The molecule has 1 amide bonds. The fourth-order valence-electron chi connectivity index (χ4n) is 3.29. The van der Waals surface area contributed by atoms with Crippen LogP contribution in [0.3, 0.4) is 0 Å². The fraction of sp³-hybridized carbons (Fsp3) is 0.476. The van der Waals surface area contributed by atoms with Crippen molar-refractivity contribution < 1.29 is 9.53 Å². The summed E-state index contributed by atoms with van der Waals surface area (Å²) >= 11 is 0. The van der Waals surface area contributed by atoms with Crippen molar-refractivity contribution in [2.75, 3.05) is 13.7 Å². The molecule has 0 radical (unpaired) electrons. The van der Waals surface area contributed by atoms with Crippen molar-refractivity contribution >= 4 is 5.91 Å². The summed E-state index contributed by atoms with van der Waals surface area (Å²) in [6.45, 7) is 11.8. The summed E-state index contributed by atoms with van der Waals surface area (Å²) in [6.07, 6.45) is 0.924. The summed E-state index contributed by atoms with van der Waals surface area (Å²) < 4.78 is 7.46. The Kier molecular flexibility index (Phi) is 6.29. The summed E-state index contributed by atoms with van der Waals surface area (Å²) in [4.78, 5) is 12.8. The molecule has 1 aromatic heterocycles. The van der Waals surface area contributed by atoms with Gasteiger partial charge in [0.2, 0.25) is 0 Å². The highest BCUT2D eigenvalue weighted by Crippen LogP contribution is 2.25. The van der Waals surface area contributed by atoms with Gasteiger partial charge in [0.15, 0.2) is 0 Å². The smallest absolute Gasteiger partial charge is 0.268 e. The lowest BCUT2D eigenvalue weighted by Gasteiger charge is -2.14. The van der Waals surface area contributed by atoms with Gasteiger partial charge in [-0.1, -0.05) is 32.9 Å². The Morgan fingerprint density at radius 3 is 2.60 bits per heavy atom. The van der Waals surface area contributed by atoms with Crippen molar-refractivity contribution in [3.63, 3.8) is 0 Å². The van der Waals surface area contributed by atoms with E-state index in [1.165, 1.54) is 5.56 Å². The number of carbonyl (C=O) groups is 1. The van der Waals surface area contributed by atoms with Crippen LogP contribution in [-0.4, -0.2) is 24.1 Å². The Hall–Kier alpha value is -2.23. The molecule has 0 fully saturated rings. The van der Waals surface area contributed by atoms with Crippen molar-refractivity contribution in [2.45, 2.75) is 47.6 Å². The molecule has 1 N–H and O–H groups in total. The van der Waals surface area contributed by atoms with E-state index in [9.17, 15) is 4.79 Å². The lowest BCUT2D eigenvalue weighted by atomic mass is 10.1. The second kappa shape index (κ2) is 8.24. The molecule has 136 valence electrons. The number of aromatic nitrogens is 1. The Morgan fingerprint density at radius 2 is 2.00 bits per heavy atom. The van der Waals surface area contributed by atoms with Gasteiger partial charge in [0.05, 0.1) is 7.11 Å². The maximum Gasteiger partial charge on any atom is 0.268 e. The van der Waals surface area contributed by atoms with Gasteiger partial charge in [-0.2, -0.15) is 0 Å². The van der Waals surface area contributed by atoms with Gasteiger partial charge < -0.3 is 14.6 Å². The summed E-state index contributed by atoms with van der Waals surface area (Å²) in [5.74, 6) is 1.27. The van der Waals surface area contributed by atoms with Crippen molar-refractivity contribution in [1.29, 1.82) is 0 Å². The molecule has 0 bridgehead atoms. The van der Waals surface area contributed by atoms with Crippen LogP contribution < -0.4 is 10.1 Å². The van der Waals surface area contributed by atoms with Crippen molar-refractivity contribution in [3.8, 4) is 5.75 Å². The first kappa shape index (κ1) is 19.1. The molecular weight excluding hydrogens is 312 g/mol. The minimum Gasteiger partial charge on any atom is -0.497 e. The van der Waals surface area contributed by atoms with Gasteiger partial charge in [0.25, 0.3) is 5.91 Å². The second-order valence-electron chi connectivity index (χ2n) is 6.93. The number of methoxy groups -OCH3 is 1. The standard InChI is InChI=1S/C21H30N2O2/c1-7-19-15(4)20(21(24)22-12-14(2)3)23(16(19)5)13-17-9-8-10-18(11-17)25-6/h8-11,14H,7,12-13H2,1-6H3,(H,22,24). The molecule has 0 spiro atoms. The summed E-state index contributed by atoms with van der Waals surface area (Å²) in [5, 5.41) is 3.07. The Balaban J connectivity index is 2.42. The van der Waals surface area contributed by atoms with Crippen LogP contribution in [0, 0.1) is 19.8 Å². The van der Waals surface area contributed by atoms with Gasteiger partial charge in [0.1, 0.15) is 11.4 Å². The third-order valence-corrected chi connectivity index (χ3v) is 4.63. The number of rotatable bonds is 7. The van der Waals surface area contributed by atoms with Gasteiger partial charge in [-0.25, -0.2) is 0 Å². The zero-order chi connectivity index (χ0) is 18.6. The molecule has 4 heteroatoms. The third-order valence-electron chi connectivity index (χ3n) is 4.63. The lowest BCUT2D eigenvalue weighted by molar-refractivity contribution is 0.0939. The number of carbonyl (C=O) groups excluding carboxylic acids is 1. The van der Waals surface area contributed by atoms with Crippen LogP contribution in [0.4, 0.5) is 0 Å². The average molecular weight is 342 g/mol. The summed E-state index contributed by atoms with van der Waals surface area (Å²) in [5.41, 5.74) is 5.41. The van der Waals surface area contributed by atoms with Crippen molar-refractivity contribution in [3.05, 3.63) is 52.3 Å². The molecule has 2 rings (SSSR count). The number of amides is 1. The van der Waals surface area contributed by atoms with Gasteiger partial charge in [0, 0.05) is 18.8 Å². The maximum atomic E-state index is 12.8. The van der Waals surface area contributed by atoms with Gasteiger partial charge >= 0.3 is 0 Å². The molecule has 0 aliphatic carbocycles. The lowest BCUT2D eigenvalue weighted by Crippen LogP contribution is -2.30. The Morgan fingerprint density at radius 1 is 1.28 bits per heavy atom. The Labute approximate surface area is 151 Å². The highest BCUT2D eigenvalue weighted by Gasteiger charge is 2.22. The van der Waals surface area contributed by atoms with Crippen molar-refractivity contribution in [2.24, 2.45) is 5.92 Å². The molecule has 0 saturated heterocycles. The molecule has 1 heterocycles. The average Bonchev–Trinajstić information content (AvgIpc) is 2.82. The predicted octanol–water partition coefficient (Wildman–Crippen LogP) is 4.11. The van der Waals surface area contributed by atoms with E-state index in [-0.39, 0.29) is 5.91 Å². The van der Waals surface area contributed by atoms with Crippen LogP contribution in [0.5, 0.6) is 5.75 Å². The van der Waals surface area contributed by atoms with E-state index in [0.717, 1.165) is 34.7 Å².